The van der Waals surface area contributed by atoms with Gasteiger partial charge < -0.3 is 0 Å². The van der Waals surface area contributed by atoms with Crippen molar-refractivity contribution in [2.75, 3.05) is 0 Å². The Morgan fingerprint density at radius 2 is 1.93 bits per heavy atom. The molecule has 0 amide bonds. The third kappa shape index (κ3) is 1.70. The van der Waals surface area contributed by atoms with E-state index in [1.54, 1.807) is 0 Å². The molecule has 0 radical (unpaired) electrons. The van der Waals surface area contributed by atoms with Crippen LogP contribution in [0.5, 0.6) is 0 Å². The highest BCUT2D eigenvalue weighted by molar-refractivity contribution is 9.10. The van der Waals surface area contributed by atoms with Crippen molar-refractivity contribution >= 4 is 15.9 Å². The largest absolute Gasteiger partial charge is 0.242 e. The molecule has 2 unspecified atom stereocenters. The van der Waals surface area contributed by atoms with E-state index in [4.69, 9.17) is 0 Å². The minimum absolute atomic E-state index is 0.0468. The number of hydrogen-bond donors (Lipinski definition) is 0. The van der Waals surface area contributed by atoms with Gasteiger partial charge in [-0.15, -0.1) is 0 Å². The van der Waals surface area contributed by atoms with Crippen LogP contribution in [0.15, 0.2) is 28.7 Å². The van der Waals surface area contributed by atoms with Crippen LogP contribution in [0.2, 0.25) is 0 Å². The van der Waals surface area contributed by atoms with Crippen LogP contribution in [0.3, 0.4) is 0 Å². The van der Waals surface area contributed by atoms with Gasteiger partial charge >= 0.3 is 0 Å². The van der Waals surface area contributed by atoms with Crippen LogP contribution >= 0.6 is 15.9 Å². The van der Waals surface area contributed by atoms with Crippen LogP contribution in [0, 0.1) is 5.92 Å². The summed E-state index contributed by atoms with van der Waals surface area (Å²) in [5, 5.41) is 0. The zero-order valence-electron chi connectivity index (χ0n) is 7.59. The second-order valence-corrected chi connectivity index (χ2v) is 4.56. The summed E-state index contributed by atoms with van der Waals surface area (Å²) in [5.74, 6) is -0.390. The van der Waals surface area contributed by atoms with Crippen molar-refractivity contribution in [3.8, 4) is 0 Å². The van der Waals surface area contributed by atoms with Crippen molar-refractivity contribution in [2.45, 2.75) is 25.2 Å². The molecule has 0 aliphatic heterocycles. The molecular weight excluding hydrogens is 250 g/mol. The Hall–Kier alpha value is -0.440. The molecule has 2 atom stereocenters. The lowest BCUT2D eigenvalue weighted by atomic mass is 9.70. The number of rotatable bonds is 2. The zero-order chi connectivity index (χ0) is 10.1. The molecule has 2 rings (SSSR count). The molecule has 1 aromatic carbocycles. The van der Waals surface area contributed by atoms with E-state index >= 15 is 0 Å². The fraction of sp³-hybridized carbons (Fsp3) is 0.455. The smallest absolute Gasteiger partial charge is 0.210 e. The topological polar surface area (TPSA) is 0 Å². The lowest BCUT2D eigenvalue weighted by molar-refractivity contribution is 0.0166. The highest BCUT2D eigenvalue weighted by Gasteiger charge is 2.39. The number of hydrogen-bond acceptors (Lipinski definition) is 0. The molecule has 14 heavy (non-hydrogen) atoms. The third-order valence-electron chi connectivity index (χ3n) is 2.96. The summed E-state index contributed by atoms with van der Waals surface area (Å²) in [7, 11) is 0. The van der Waals surface area contributed by atoms with Crippen LogP contribution in [-0.4, -0.2) is 6.43 Å². The molecule has 0 bridgehead atoms. The molecule has 0 heterocycles. The number of alkyl halides is 2. The lowest BCUT2D eigenvalue weighted by Gasteiger charge is -2.36. The average Bonchev–Trinajstić information content (AvgIpc) is 2.05. The summed E-state index contributed by atoms with van der Waals surface area (Å²) in [6.45, 7) is 0. The first-order chi connectivity index (χ1) is 6.70. The SMILES string of the molecule is FC(F)C1CCC1c1ccccc1Br. The summed E-state index contributed by atoms with van der Waals surface area (Å²) in [6.07, 6.45) is -0.637. The van der Waals surface area contributed by atoms with E-state index in [9.17, 15) is 8.78 Å². The van der Waals surface area contributed by atoms with Gasteiger partial charge in [-0.2, -0.15) is 0 Å². The highest BCUT2D eigenvalue weighted by atomic mass is 79.9. The Bertz CT molecular complexity index is 325. The standard InChI is InChI=1S/C11H11BrF2/c12-10-4-2-1-3-8(10)7-5-6-9(7)11(13)14/h1-4,7,9,11H,5-6H2. The molecular formula is C11H11BrF2. The van der Waals surface area contributed by atoms with Gasteiger partial charge in [0.2, 0.25) is 6.43 Å². The maximum atomic E-state index is 12.5. The van der Waals surface area contributed by atoms with Gasteiger partial charge in [0, 0.05) is 10.4 Å². The van der Waals surface area contributed by atoms with Crippen LogP contribution in [0.25, 0.3) is 0 Å². The molecule has 1 aliphatic rings. The van der Waals surface area contributed by atoms with E-state index in [2.05, 4.69) is 15.9 Å². The molecule has 0 nitrogen and oxygen atoms in total. The number of benzene rings is 1. The molecule has 1 saturated carbocycles. The molecule has 3 heteroatoms. The molecule has 0 spiro atoms. The fourth-order valence-corrected chi connectivity index (χ4v) is 2.57. The van der Waals surface area contributed by atoms with Gasteiger partial charge in [-0.05, 0) is 30.4 Å². The van der Waals surface area contributed by atoms with E-state index in [0.717, 1.165) is 16.5 Å². The Kier molecular flexibility index (Phi) is 2.86. The second-order valence-electron chi connectivity index (χ2n) is 3.70. The average molecular weight is 261 g/mol. The first-order valence-electron chi connectivity index (χ1n) is 4.72. The normalized spacial score (nSPS) is 26.3. The summed E-state index contributed by atoms with van der Waals surface area (Å²) in [4.78, 5) is 0. The zero-order valence-corrected chi connectivity index (χ0v) is 9.18. The van der Waals surface area contributed by atoms with Gasteiger partial charge in [0.1, 0.15) is 0 Å². The van der Waals surface area contributed by atoms with Crippen molar-refractivity contribution in [3.05, 3.63) is 34.3 Å². The Morgan fingerprint density at radius 3 is 2.43 bits per heavy atom. The van der Waals surface area contributed by atoms with Crippen molar-refractivity contribution in [2.24, 2.45) is 5.92 Å². The van der Waals surface area contributed by atoms with Gasteiger partial charge in [0.15, 0.2) is 0 Å². The third-order valence-corrected chi connectivity index (χ3v) is 3.68. The van der Waals surface area contributed by atoms with Crippen molar-refractivity contribution in [1.29, 1.82) is 0 Å². The van der Waals surface area contributed by atoms with Crippen molar-refractivity contribution in [1.82, 2.24) is 0 Å². The summed E-state index contributed by atoms with van der Waals surface area (Å²) in [5.41, 5.74) is 1.03. The molecule has 1 aromatic rings. The first-order valence-corrected chi connectivity index (χ1v) is 5.52. The summed E-state index contributed by atoms with van der Waals surface area (Å²) >= 11 is 3.40. The minimum atomic E-state index is -2.18. The van der Waals surface area contributed by atoms with Crippen LogP contribution in [-0.2, 0) is 0 Å². The van der Waals surface area contributed by atoms with E-state index in [1.165, 1.54) is 0 Å². The molecule has 1 aliphatic carbocycles. The van der Waals surface area contributed by atoms with Gasteiger partial charge in [-0.3, -0.25) is 0 Å². The fourth-order valence-electron chi connectivity index (χ4n) is 1.99. The van der Waals surface area contributed by atoms with Gasteiger partial charge in [0.05, 0.1) is 0 Å². The van der Waals surface area contributed by atoms with Crippen LogP contribution < -0.4 is 0 Å². The predicted octanol–water partition coefficient (Wildman–Crippen LogP) is 4.21. The number of halogens is 3. The maximum Gasteiger partial charge on any atom is 0.242 e. The summed E-state index contributed by atoms with van der Waals surface area (Å²) < 4.78 is 26.0. The molecule has 1 fully saturated rings. The lowest BCUT2D eigenvalue weighted by Crippen LogP contribution is -2.30. The van der Waals surface area contributed by atoms with Gasteiger partial charge in [-0.25, -0.2) is 8.78 Å². The monoisotopic (exact) mass is 260 g/mol. The molecule has 0 saturated heterocycles. The second kappa shape index (κ2) is 3.97. The van der Waals surface area contributed by atoms with Crippen LogP contribution in [0.4, 0.5) is 8.78 Å². The van der Waals surface area contributed by atoms with E-state index in [-0.39, 0.29) is 5.92 Å². The highest BCUT2D eigenvalue weighted by Crippen LogP contribution is 2.47. The Balaban J connectivity index is 2.20. The van der Waals surface area contributed by atoms with Crippen molar-refractivity contribution < 1.29 is 8.78 Å². The Morgan fingerprint density at radius 1 is 1.21 bits per heavy atom. The maximum absolute atomic E-state index is 12.5. The van der Waals surface area contributed by atoms with E-state index in [0.29, 0.717) is 6.42 Å². The van der Waals surface area contributed by atoms with Gasteiger partial charge in [-0.1, -0.05) is 34.1 Å². The molecule has 0 aromatic heterocycles. The van der Waals surface area contributed by atoms with Crippen molar-refractivity contribution in [3.63, 3.8) is 0 Å². The van der Waals surface area contributed by atoms with E-state index in [1.807, 2.05) is 24.3 Å². The first kappa shape index (κ1) is 10.1. The minimum Gasteiger partial charge on any atom is -0.210 e. The Labute approximate surface area is 90.4 Å². The molecule has 0 N–H and O–H groups in total. The van der Waals surface area contributed by atoms with E-state index < -0.39 is 12.3 Å². The van der Waals surface area contributed by atoms with Gasteiger partial charge in [0.25, 0.3) is 0 Å². The quantitative estimate of drug-likeness (QED) is 0.748. The summed E-state index contributed by atoms with van der Waals surface area (Å²) in [6, 6.07) is 7.66. The predicted molar refractivity (Wildman–Crippen MR) is 55.6 cm³/mol. The molecule has 76 valence electrons. The van der Waals surface area contributed by atoms with Crippen LogP contribution in [0.1, 0.15) is 24.3 Å².